The SMILES string of the molecule is CC(C)N(CC(O)c1cccc(F)c1F)CC(F)(F)F. The molecular formula is C13H16F5NO. The highest BCUT2D eigenvalue weighted by Crippen LogP contribution is 2.23. The van der Waals surface area contributed by atoms with Gasteiger partial charge in [0.05, 0.1) is 12.6 Å². The van der Waals surface area contributed by atoms with Gasteiger partial charge in [-0.25, -0.2) is 8.78 Å². The fraction of sp³-hybridized carbons (Fsp3) is 0.538. The molecule has 0 radical (unpaired) electrons. The van der Waals surface area contributed by atoms with Crippen LogP contribution in [0.4, 0.5) is 22.0 Å². The summed E-state index contributed by atoms with van der Waals surface area (Å²) in [6.45, 7) is 1.40. The van der Waals surface area contributed by atoms with Gasteiger partial charge in [0.25, 0.3) is 0 Å². The van der Waals surface area contributed by atoms with E-state index >= 15 is 0 Å². The Morgan fingerprint density at radius 3 is 2.30 bits per heavy atom. The summed E-state index contributed by atoms with van der Waals surface area (Å²) in [4.78, 5) is 0.953. The molecule has 0 aromatic heterocycles. The molecule has 1 unspecified atom stereocenters. The molecule has 0 fully saturated rings. The fourth-order valence-corrected chi connectivity index (χ4v) is 1.79. The van der Waals surface area contributed by atoms with E-state index in [1.807, 2.05) is 0 Å². The van der Waals surface area contributed by atoms with Gasteiger partial charge in [-0.15, -0.1) is 0 Å². The fourth-order valence-electron chi connectivity index (χ4n) is 1.79. The lowest BCUT2D eigenvalue weighted by molar-refractivity contribution is -0.152. The summed E-state index contributed by atoms with van der Waals surface area (Å²) >= 11 is 0. The minimum absolute atomic E-state index is 0.349. The first-order valence-electron chi connectivity index (χ1n) is 6.04. The van der Waals surface area contributed by atoms with Crippen LogP contribution in [-0.4, -0.2) is 35.3 Å². The molecule has 0 bridgehead atoms. The van der Waals surface area contributed by atoms with Crippen molar-refractivity contribution in [3.05, 3.63) is 35.4 Å². The number of rotatable bonds is 5. The maximum atomic E-state index is 13.5. The summed E-state index contributed by atoms with van der Waals surface area (Å²) in [6, 6.07) is 2.72. The Kier molecular flexibility index (Phi) is 5.47. The van der Waals surface area contributed by atoms with Gasteiger partial charge >= 0.3 is 6.18 Å². The lowest BCUT2D eigenvalue weighted by Gasteiger charge is -2.29. The molecule has 0 spiro atoms. The summed E-state index contributed by atoms with van der Waals surface area (Å²) in [5, 5.41) is 9.83. The monoisotopic (exact) mass is 297 g/mol. The largest absolute Gasteiger partial charge is 0.401 e. The van der Waals surface area contributed by atoms with Crippen LogP contribution in [0.2, 0.25) is 0 Å². The Hall–Kier alpha value is -1.21. The van der Waals surface area contributed by atoms with Crippen LogP contribution in [-0.2, 0) is 0 Å². The minimum atomic E-state index is -4.43. The number of nitrogens with zero attached hydrogens (tertiary/aromatic N) is 1. The lowest BCUT2D eigenvalue weighted by Crippen LogP contribution is -2.41. The van der Waals surface area contributed by atoms with E-state index in [1.165, 1.54) is 19.9 Å². The summed E-state index contributed by atoms with van der Waals surface area (Å²) in [5.74, 6) is -2.39. The molecule has 0 aliphatic rings. The second kappa shape index (κ2) is 6.49. The van der Waals surface area contributed by atoms with Crippen molar-refractivity contribution >= 4 is 0 Å². The Morgan fingerprint density at radius 1 is 1.20 bits per heavy atom. The van der Waals surface area contributed by atoms with Crippen LogP contribution in [0.15, 0.2) is 18.2 Å². The van der Waals surface area contributed by atoms with Gasteiger partial charge in [-0.2, -0.15) is 13.2 Å². The topological polar surface area (TPSA) is 23.5 Å². The molecule has 0 saturated heterocycles. The molecule has 114 valence electrons. The van der Waals surface area contributed by atoms with Crippen molar-refractivity contribution < 1.29 is 27.1 Å². The van der Waals surface area contributed by atoms with Crippen LogP contribution in [0.5, 0.6) is 0 Å². The van der Waals surface area contributed by atoms with Gasteiger partial charge in [0.1, 0.15) is 0 Å². The van der Waals surface area contributed by atoms with Gasteiger partial charge in [0, 0.05) is 18.2 Å². The third-order valence-corrected chi connectivity index (χ3v) is 2.86. The van der Waals surface area contributed by atoms with Crippen molar-refractivity contribution in [3.8, 4) is 0 Å². The van der Waals surface area contributed by atoms with Crippen molar-refractivity contribution in [3.63, 3.8) is 0 Å². The van der Waals surface area contributed by atoms with Crippen LogP contribution < -0.4 is 0 Å². The first kappa shape index (κ1) is 16.8. The number of alkyl halides is 3. The highest BCUT2D eigenvalue weighted by Gasteiger charge is 2.33. The number of hydrogen-bond donors (Lipinski definition) is 1. The van der Waals surface area contributed by atoms with Gasteiger partial charge in [-0.05, 0) is 19.9 Å². The van der Waals surface area contributed by atoms with E-state index in [9.17, 15) is 27.1 Å². The summed E-state index contributed by atoms with van der Waals surface area (Å²) in [7, 11) is 0. The molecule has 1 N–H and O–H groups in total. The molecule has 20 heavy (non-hydrogen) atoms. The second-order valence-electron chi connectivity index (χ2n) is 4.80. The molecule has 0 heterocycles. The van der Waals surface area contributed by atoms with E-state index in [4.69, 9.17) is 0 Å². The Balaban J connectivity index is 2.86. The van der Waals surface area contributed by atoms with Crippen LogP contribution in [0.3, 0.4) is 0 Å². The quantitative estimate of drug-likeness (QED) is 0.843. The maximum Gasteiger partial charge on any atom is 0.401 e. The molecule has 0 saturated carbocycles. The molecule has 0 aliphatic carbocycles. The van der Waals surface area contributed by atoms with Gasteiger partial charge in [0.2, 0.25) is 0 Å². The van der Waals surface area contributed by atoms with Gasteiger partial charge in [-0.3, -0.25) is 4.90 Å². The molecule has 1 rings (SSSR count). The predicted molar refractivity (Wildman–Crippen MR) is 64.1 cm³/mol. The van der Waals surface area contributed by atoms with E-state index in [1.54, 1.807) is 0 Å². The number of hydrogen-bond acceptors (Lipinski definition) is 2. The molecule has 2 nitrogen and oxygen atoms in total. The second-order valence-corrected chi connectivity index (χ2v) is 4.80. The van der Waals surface area contributed by atoms with E-state index in [2.05, 4.69) is 0 Å². The zero-order valence-corrected chi connectivity index (χ0v) is 11.1. The van der Waals surface area contributed by atoms with Crippen molar-refractivity contribution in [2.24, 2.45) is 0 Å². The zero-order valence-electron chi connectivity index (χ0n) is 11.1. The van der Waals surface area contributed by atoms with Crippen molar-refractivity contribution in [2.45, 2.75) is 32.2 Å². The van der Waals surface area contributed by atoms with E-state index in [-0.39, 0.29) is 5.56 Å². The van der Waals surface area contributed by atoms with Crippen LogP contribution in [0.1, 0.15) is 25.5 Å². The van der Waals surface area contributed by atoms with Crippen LogP contribution in [0.25, 0.3) is 0 Å². The Labute approximate surface area is 113 Å². The third-order valence-electron chi connectivity index (χ3n) is 2.86. The normalized spacial score (nSPS) is 14.1. The van der Waals surface area contributed by atoms with E-state index in [0.29, 0.717) is 0 Å². The van der Waals surface area contributed by atoms with Crippen molar-refractivity contribution in [1.82, 2.24) is 4.90 Å². The third kappa shape index (κ3) is 4.72. The average Bonchev–Trinajstić information content (AvgIpc) is 2.29. The van der Waals surface area contributed by atoms with Crippen LogP contribution in [0, 0.1) is 11.6 Å². The molecule has 0 aliphatic heterocycles. The Bertz CT molecular complexity index is 447. The maximum absolute atomic E-state index is 13.5. The highest BCUT2D eigenvalue weighted by atomic mass is 19.4. The number of aliphatic hydroxyl groups is 1. The molecule has 1 atom stereocenters. The lowest BCUT2D eigenvalue weighted by atomic mass is 10.1. The van der Waals surface area contributed by atoms with Crippen molar-refractivity contribution in [2.75, 3.05) is 13.1 Å². The molecule has 0 amide bonds. The molecular weight excluding hydrogens is 281 g/mol. The predicted octanol–water partition coefficient (Wildman–Crippen LogP) is 3.27. The molecule has 7 heteroatoms. The molecule has 1 aromatic carbocycles. The average molecular weight is 297 g/mol. The summed E-state index contributed by atoms with van der Waals surface area (Å²) in [6.07, 6.45) is -5.96. The summed E-state index contributed by atoms with van der Waals surface area (Å²) in [5.41, 5.74) is -0.349. The van der Waals surface area contributed by atoms with Gasteiger partial charge in [-0.1, -0.05) is 12.1 Å². The highest BCUT2D eigenvalue weighted by molar-refractivity contribution is 5.21. The van der Waals surface area contributed by atoms with E-state index in [0.717, 1.165) is 17.0 Å². The van der Waals surface area contributed by atoms with Gasteiger partial charge in [0.15, 0.2) is 11.6 Å². The molecule has 1 aromatic rings. The zero-order chi connectivity index (χ0) is 15.5. The number of aliphatic hydroxyl groups excluding tert-OH is 1. The smallest absolute Gasteiger partial charge is 0.387 e. The first-order chi connectivity index (χ1) is 9.11. The van der Waals surface area contributed by atoms with Crippen molar-refractivity contribution in [1.29, 1.82) is 0 Å². The van der Waals surface area contributed by atoms with Crippen LogP contribution >= 0.6 is 0 Å². The van der Waals surface area contributed by atoms with E-state index < -0.39 is 43.0 Å². The first-order valence-corrected chi connectivity index (χ1v) is 6.04. The number of benzene rings is 1. The van der Waals surface area contributed by atoms with Gasteiger partial charge < -0.3 is 5.11 Å². The minimum Gasteiger partial charge on any atom is -0.387 e. The Morgan fingerprint density at radius 2 is 1.80 bits per heavy atom. The standard InChI is InChI=1S/C13H16F5NO/c1-8(2)19(7-13(16,17)18)6-11(20)9-4-3-5-10(14)12(9)15/h3-5,8,11,20H,6-7H2,1-2H3. The summed E-state index contributed by atoms with van der Waals surface area (Å²) < 4.78 is 63.7. The number of halogens is 5.